The summed E-state index contributed by atoms with van der Waals surface area (Å²) in [5, 5.41) is 15.4. The van der Waals surface area contributed by atoms with Crippen LogP contribution in [0.1, 0.15) is 49.9 Å². The molecule has 4 heteroatoms. The topological polar surface area (TPSA) is 62.5 Å². The molecule has 3 aromatic rings. The number of carbonyl (C=O) groups excluding carboxylic acids is 1. The number of furan rings is 1. The number of hydrogen-bond donors (Lipinski definition) is 2. The first-order chi connectivity index (χ1) is 13.0. The summed E-state index contributed by atoms with van der Waals surface area (Å²) in [6.07, 6.45) is 4.69. The number of benzene rings is 2. The standard InChI is InChI=1S/C20H21NO3.C3H6/c1-2-20(23)10-9-14(12-20)21-19(22)13-7-8-18-16(11-13)15-5-3-4-6-17(15)24-18;1-3-2/h3-8,11,14,23H,2,9-10,12H2,1H3,(H,21,22);3H,1H2,2H3. The molecule has 1 aromatic heterocycles. The molecule has 142 valence electrons. The number of fused-ring (bicyclic) bond motifs is 3. The second kappa shape index (κ2) is 7.97. The average Bonchev–Trinajstić information content (AvgIpc) is 3.23. The van der Waals surface area contributed by atoms with Crippen LogP contribution in [-0.2, 0) is 0 Å². The molecule has 1 aliphatic carbocycles. The Morgan fingerprint density at radius 3 is 2.70 bits per heavy atom. The third kappa shape index (κ3) is 4.06. The number of hydrogen-bond acceptors (Lipinski definition) is 3. The Kier molecular flexibility index (Phi) is 5.66. The molecular weight excluding hydrogens is 338 g/mol. The Morgan fingerprint density at radius 2 is 2.00 bits per heavy atom. The molecular formula is C23H27NO3. The van der Waals surface area contributed by atoms with Crippen molar-refractivity contribution in [2.24, 2.45) is 0 Å². The maximum absolute atomic E-state index is 12.6. The van der Waals surface area contributed by atoms with Gasteiger partial charge in [-0.3, -0.25) is 4.79 Å². The van der Waals surface area contributed by atoms with Gasteiger partial charge in [0, 0.05) is 22.4 Å². The van der Waals surface area contributed by atoms with E-state index in [2.05, 4.69) is 11.9 Å². The van der Waals surface area contributed by atoms with Gasteiger partial charge in [0.25, 0.3) is 5.91 Å². The van der Waals surface area contributed by atoms with Gasteiger partial charge in [-0.2, -0.15) is 0 Å². The fourth-order valence-electron chi connectivity index (χ4n) is 3.69. The lowest BCUT2D eigenvalue weighted by Crippen LogP contribution is -2.35. The third-order valence-corrected chi connectivity index (χ3v) is 5.22. The van der Waals surface area contributed by atoms with Crippen molar-refractivity contribution in [1.29, 1.82) is 0 Å². The van der Waals surface area contributed by atoms with E-state index >= 15 is 0 Å². The van der Waals surface area contributed by atoms with Crippen LogP contribution >= 0.6 is 0 Å². The zero-order valence-electron chi connectivity index (χ0n) is 16.0. The minimum atomic E-state index is -0.622. The second-order valence-corrected chi connectivity index (χ2v) is 7.21. The summed E-state index contributed by atoms with van der Waals surface area (Å²) < 4.78 is 5.80. The van der Waals surface area contributed by atoms with Gasteiger partial charge >= 0.3 is 0 Å². The monoisotopic (exact) mass is 365 g/mol. The molecule has 2 aromatic carbocycles. The molecule has 27 heavy (non-hydrogen) atoms. The minimum absolute atomic E-state index is 0.0410. The highest BCUT2D eigenvalue weighted by Gasteiger charge is 2.36. The van der Waals surface area contributed by atoms with Crippen molar-refractivity contribution in [3.05, 3.63) is 60.7 Å². The molecule has 2 unspecified atom stereocenters. The third-order valence-electron chi connectivity index (χ3n) is 5.22. The SMILES string of the molecule is C=CC.CCC1(O)CCC(NC(=O)c2ccc3oc4ccccc4c3c2)C1. The summed E-state index contributed by atoms with van der Waals surface area (Å²) >= 11 is 0. The van der Waals surface area contributed by atoms with E-state index in [1.165, 1.54) is 0 Å². The summed E-state index contributed by atoms with van der Waals surface area (Å²) in [6.45, 7) is 7.24. The van der Waals surface area contributed by atoms with Gasteiger partial charge in [-0.15, -0.1) is 6.58 Å². The van der Waals surface area contributed by atoms with Crippen molar-refractivity contribution in [3.63, 3.8) is 0 Å². The van der Waals surface area contributed by atoms with Crippen LogP contribution in [0.4, 0.5) is 0 Å². The molecule has 0 bridgehead atoms. The molecule has 1 heterocycles. The summed E-state index contributed by atoms with van der Waals surface area (Å²) in [5.41, 5.74) is 1.62. The van der Waals surface area contributed by atoms with Crippen LogP contribution in [0.15, 0.2) is 59.5 Å². The van der Waals surface area contributed by atoms with E-state index < -0.39 is 5.60 Å². The molecule has 0 radical (unpaired) electrons. The summed E-state index contributed by atoms with van der Waals surface area (Å²) in [7, 11) is 0. The average molecular weight is 365 g/mol. The Balaban J connectivity index is 0.000000659. The van der Waals surface area contributed by atoms with E-state index in [1.54, 1.807) is 12.1 Å². The molecule has 4 nitrogen and oxygen atoms in total. The highest BCUT2D eigenvalue weighted by molar-refractivity contribution is 6.08. The molecule has 0 saturated heterocycles. The first-order valence-corrected chi connectivity index (χ1v) is 9.51. The van der Waals surface area contributed by atoms with Crippen molar-refractivity contribution in [2.45, 2.75) is 51.2 Å². The van der Waals surface area contributed by atoms with Crippen LogP contribution in [0.3, 0.4) is 0 Å². The lowest BCUT2D eigenvalue weighted by atomic mass is 9.99. The molecule has 1 aliphatic rings. The van der Waals surface area contributed by atoms with Gasteiger partial charge in [-0.05, 0) is 56.9 Å². The van der Waals surface area contributed by atoms with E-state index in [9.17, 15) is 9.90 Å². The normalized spacial score (nSPS) is 21.7. The van der Waals surface area contributed by atoms with Crippen molar-refractivity contribution in [1.82, 2.24) is 5.32 Å². The minimum Gasteiger partial charge on any atom is -0.456 e. The molecule has 4 rings (SSSR count). The quantitative estimate of drug-likeness (QED) is 0.627. The van der Waals surface area contributed by atoms with Crippen molar-refractivity contribution >= 4 is 27.8 Å². The van der Waals surface area contributed by atoms with Crippen molar-refractivity contribution in [2.75, 3.05) is 0 Å². The van der Waals surface area contributed by atoms with Gasteiger partial charge < -0.3 is 14.8 Å². The Bertz CT molecular complexity index is 959. The molecule has 1 saturated carbocycles. The number of amides is 1. The van der Waals surface area contributed by atoms with Crippen LogP contribution in [0.2, 0.25) is 0 Å². The van der Waals surface area contributed by atoms with E-state index in [0.29, 0.717) is 12.0 Å². The van der Waals surface area contributed by atoms with E-state index in [0.717, 1.165) is 41.2 Å². The van der Waals surface area contributed by atoms with Crippen LogP contribution in [0, 0.1) is 0 Å². The summed E-state index contributed by atoms with van der Waals surface area (Å²) in [5.74, 6) is -0.0902. The fraction of sp³-hybridized carbons (Fsp3) is 0.348. The van der Waals surface area contributed by atoms with E-state index in [4.69, 9.17) is 4.42 Å². The number of allylic oxidation sites excluding steroid dienone is 1. The molecule has 2 atom stereocenters. The van der Waals surface area contributed by atoms with Crippen molar-refractivity contribution < 1.29 is 14.3 Å². The zero-order chi connectivity index (χ0) is 19.4. The first-order valence-electron chi connectivity index (χ1n) is 9.51. The van der Waals surface area contributed by atoms with Gasteiger partial charge in [0.05, 0.1) is 5.60 Å². The second-order valence-electron chi connectivity index (χ2n) is 7.21. The van der Waals surface area contributed by atoms with Gasteiger partial charge in [-0.1, -0.05) is 31.2 Å². The highest BCUT2D eigenvalue weighted by atomic mass is 16.3. The fourth-order valence-corrected chi connectivity index (χ4v) is 3.69. The number of carbonyl (C=O) groups is 1. The van der Waals surface area contributed by atoms with Crippen LogP contribution in [0.25, 0.3) is 21.9 Å². The zero-order valence-corrected chi connectivity index (χ0v) is 16.0. The highest BCUT2D eigenvalue weighted by Crippen LogP contribution is 2.33. The lowest BCUT2D eigenvalue weighted by Gasteiger charge is -2.20. The molecule has 0 aliphatic heterocycles. The Morgan fingerprint density at radius 1 is 1.30 bits per heavy atom. The predicted octanol–water partition coefficient (Wildman–Crippen LogP) is 5.20. The van der Waals surface area contributed by atoms with Crippen LogP contribution in [-0.4, -0.2) is 22.7 Å². The number of rotatable bonds is 3. The number of para-hydroxylation sites is 1. The number of aliphatic hydroxyl groups is 1. The van der Waals surface area contributed by atoms with Gasteiger partial charge in [0.2, 0.25) is 0 Å². The Labute approximate surface area is 159 Å². The van der Waals surface area contributed by atoms with Gasteiger partial charge in [0.15, 0.2) is 0 Å². The van der Waals surface area contributed by atoms with Gasteiger partial charge in [-0.25, -0.2) is 0 Å². The molecule has 1 amide bonds. The molecule has 0 spiro atoms. The molecule has 2 N–H and O–H groups in total. The smallest absolute Gasteiger partial charge is 0.251 e. The summed E-state index contributed by atoms with van der Waals surface area (Å²) in [4.78, 5) is 12.6. The summed E-state index contributed by atoms with van der Waals surface area (Å²) in [6, 6.07) is 13.4. The van der Waals surface area contributed by atoms with E-state index in [1.807, 2.05) is 50.2 Å². The van der Waals surface area contributed by atoms with Crippen LogP contribution < -0.4 is 5.32 Å². The van der Waals surface area contributed by atoms with Crippen molar-refractivity contribution in [3.8, 4) is 0 Å². The predicted molar refractivity (Wildman–Crippen MR) is 110 cm³/mol. The maximum atomic E-state index is 12.6. The van der Waals surface area contributed by atoms with E-state index in [-0.39, 0.29) is 11.9 Å². The maximum Gasteiger partial charge on any atom is 0.251 e. The first kappa shape index (κ1) is 19.2. The van der Waals surface area contributed by atoms with Crippen LogP contribution in [0.5, 0.6) is 0 Å². The van der Waals surface area contributed by atoms with Gasteiger partial charge in [0.1, 0.15) is 11.2 Å². The Hall–Kier alpha value is -2.59. The number of nitrogens with one attached hydrogen (secondary N) is 1. The molecule has 1 fully saturated rings. The lowest BCUT2D eigenvalue weighted by molar-refractivity contribution is 0.0413. The largest absolute Gasteiger partial charge is 0.456 e.